The van der Waals surface area contributed by atoms with E-state index in [2.05, 4.69) is 5.32 Å². The van der Waals surface area contributed by atoms with Crippen LogP contribution in [0.2, 0.25) is 0 Å². The molecule has 5 rings (SSSR count). The van der Waals surface area contributed by atoms with Crippen LogP contribution in [-0.4, -0.2) is 81.6 Å². The highest BCUT2D eigenvalue weighted by Crippen LogP contribution is 2.25. The number of rotatable bonds is 12. The zero-order valence-electron chi connectivity index (χ0n) is 24.0. The highest BCUT2D eigenvalue weighted by atomic mass is 32.2. The molecule has 228 valence electrons. The molecule has 0 aliphatic carbocycles. The van der Waals surface area contributed by atoms with Crippen LogP contribution < -0.4 is 10.1 Å². The van der Waals surface area contributed by atoms with E-state index in [0.29, 0.717) is 50.8 Å². The number of hydrogen-bond donors (Lipinski definition) is 1. The van der Waals surface area contributed by atoms with E-state index in [1.54, 1.807) is 0 Å². The lowest BCUT2D eigenvalue weighted by atomic mass is 10.0. The van der Waals surface area contributed by atoms with Gasteiger partial charge in [0.2, 0.25) is 15.9 Å². The average Bonchev–Trinajstić information content (AvgIpc) is 3.58. The van der Waals surface area contributed by atoms with E-state index in [4.69, 9.17) is 14.2 Å². The van der Waals surface area contributed by atoms with Crippen LogP contribution in [0.5, 0.6) is 5.75 Å². The number of amides is 2. The summed E-state index contributed by atoms with van der Waals surface area (Å²) < 4.78 is 44.1. The fourth-order valence-corrected chi connectivity index (χ4v) is 6.61. The molecule has 0 unspecified atom stereocenters. The number of nitrogens with zero attached hydrogens (tertiary/aromatic N) is 2. The lowest BCUT2D eigenvalue weighted by Crippen LogP contribution is -2.46. The second kappa shape index (κ2) is 14.6. The van der Waals surface area contributed by atoms with E-state index in [-0.39, 0.29) is 30.1 Å². The van der Waals surface area contributed by atoms with Crippen LogP contribution in [0.15, 0.2) is 89.8 Å². The van der Waals surface area contributed by atoms with Gasteiger partial charge in [0, 0.05) is 32.8 Å². The molecule has 11 heteroatoms. The van der Waals surface area contributed by atoms with Crippen molar-refractivity contribution in [3.8, 4) is 5.75 Å². The fourth-order valence-electron chi connectivity index (χ4n) is 5.20. The van der Waals surface area contributed by atoms with Crippen LogP contribution >= 0.6 is 0 Å². The van der Waals surface area contributed by atoms with Gasteiger partial charge in [-0.15, -0.1) is 0 Å². The summed E-state index contributed by atoms with van der Waals surface area (Å²) in [4.78, 5) is 29.2. The number of sulfonamides is 1. The minimum Gasteiger partial charge on any atom is -0.484 e. The molecule has 0 saturated carbocycles. The van der Waals surface area contributed by atoms with Gasteiger partial charge >= 0.3 is 0 Å². The summed E-state index contributed by atoms with van der Waals surface area (Å²) in [5, 5.41) is 3.00. The van der Waals surface area contributed by atoms with Crippen molar-refractivity contribution < 1.29 is 32.2 Å². The first kappa shape index (κ1) is 30.7. The molecule has 1 N–H and O–H groups in total. The van der Waals surface area contributed by atoms with E-state index in [1.165, 1.54) is 33.5 Å². The quantitative estimate of drug-likeness (QED) is 0.337. The Kier molecular flexibility index (Phi) is 10.4. The number of hydrogen-bond acceptors (Lipinski definition) is 7. The fraction of sp³-hybridized carbons (Fsp3) is 0.375. The largest absolute Gasteiger partial charge is 0.484 e. The Morgan fingerprint density at radius 2 is 1.60 bits per heavy atom. The summed E-state index contributed by atoms with van der Waals surface area (Å²) in [6, 6.07) is 23.8. The van der Waals surface area contributed by atoms with E-state index in [9.17, 15) is 18.0 Å². The molecule has 2 fully saturated rings. The van der Waals surface area contributed by atoms with Gasteiger partial charge in [-0.25, -0.2) is 8.42 Å². The van der Waals surface area contributed by atoms with Crippen LogP contribution in [0, 0.1) is 0 Å². The maximum absolute atomic E-state index is 13.8. The SMILES string of the molecule is O=C(NC[C@@H]1CCCO1)[C@@H](c1ccccc1)N(Cc1ccccc1)C(=O)COc1ccc(S(=O)(=O)N2CCOCC2)cc1. The summed E-state index contributed by atoms with van der Waals surface area (Å²) in [5.74, 6) is -0.355. The molecule has 0 aromatic heterocycles. The third kappa shape index (κ3) is 7.99. The highest BCUT2D eigenvalue weighted by Gasteiger charge is 2.33. The first-order valence-electron chi connectivity index (χ1n) is 14.5. The maximum atomic E-state index is 13.8. The van der Waals surface area contributed by atoms with Gasteiger partial charge in [0.05, 0.1) is 24.2 Å². The summed E-state index contributed by atoms with van der Waals surface area (Å²) in [7, 11) is -3.65. The Balaban J connectivity index is 1.33. The zero-order valence-corrected chi connectivity index (χ0v) is 24.8. The summed E-state index contributed by atoms with van der Waals surface area (Å²) in [6.07, 6.45) is 1.79. The lowest BCUT2D eigenvalue weighted by molar-refractivity contribution is -0.143. The van der Waals surface area contributed by atoms with Crippen molar-refractivity contribution in [3.63, 3.8) is 0 Å². The van der Waals surface area contributed by atoms with Crippen LogP contribution in [-0.2, 0) is 35.6 Å². The van der Waals surface area contributed by atoms with Gasteiger partial charge in [0.15, 0.2) is 6.61 Å². The van der Waals surface area contributed by atoms with Crippen molar-refractivity contribution in [3.05, 3.63) is 96.1 Å². The van der Waals surface area contributed by atoms with Gasteiger partial charge in [-0.3, -0.25) is 9.59 Å². The van der Waals surface area contributed by atoms with E-state index in [1.807, 2.05) is 60.7 Å². The Morgan fingerprint density at radius 1 is 0.930 bits per heavy atom. The lowest BCUT2D eigenvalue weighted by Gasteiger charge is -2.32. The van der Waals surface area contributed by atoms with Crippen molar-refractivity contribution in [2.45, 2.75) is 36.4 Å². The van der Waals surface area contributed by atoms with Gasteiger partial charge < -0.3 is 24.4 Å². The summed E-state index contributed by atoms with van der Waals surface area (Å²) >= 11 is 0. The Morgan fingerprint density at radius 3 is 2.26 bits per heavy atom. The van der Waals surface area contributed by atoms with Crippen LogP contribution in [0.25, 0.3) is 0 Å². The van der Waals surface area contributed by atoms with Crippen molar-refractivity contribution in [2.24, 2.45) is 0 Å². The Hall–Kier alpha value is -3.77. The van der Waals surface area contributed by atoms with Gasteiger partial charge in [-0.05, 0) is 48.2 Å². The first-order valence-corrected chi connectivity index (χ1v) is 15.9. The second-order valence-electron chi connectivity index (χ2n) is 10.5. The van der Waals surface area contributed by atoms with Crippen molar-refractivity contribution in [1.82, 2.24) is 14.5 Å². The predicted molar refractivity (Wildman–Crippen MR) is 160 cm³/mol. The standard InChI is InChI=1S/C32H37N3O7S/c36-30(24-42-27-13-15-29(16-14-27)43(38,39)34-17-20-40-21-18-34)35(23-25-8-3-1-4-9-25)31(26-10-5-2-6-11-26)32(37)33-22-28-12-7-19-41-28/h1-6,8-11,13-16,28,31H,7,12,17-24H2,(H,33,37)/t28-,31+/m0/s1. The molecule has 2 aliphatic rings. The molecule has 2 amide bonds. The molecule has 0 radical (unpaired) electrons. The molecule has 3 aromatic carbocycles. The number of carbonyl (C=O) groups excluding carboxylic acids is 2. The van der Waals surface area contributed by atoms with Gasteiger partial charge in [0.1, 0.15) is 11.8 Å². The van der Waals surface area contributed by atoms with Crippen LogP contribution in [0.1, 0.15) is 30.0 Å². The highest BCUT2D eigenvalue weighted by molar-refractivity contribution is 7.89. The van der Waals surface area contributed by atoms with Gasteiger partial charge in [0.25, 0.3) is 5.91 Å². The molecule has 0 bridgehead atoms. The topological polar surface area (TPSA) is 114 Å². The smallest absolute Gasteiger partial charge is 0.261 e. The number of benzene rings is 3. The molecule has 3 aromatic rings. The van der Waals surface area contributed by atoms with Gasteiger partial charge in [-0.2, -0.15) is 4.31 Å². The predicted octanol–water partition coefficient (Wildman–Crippen LogP) is 3.15. The summed E-state index contributed by atoms with van der Waals surface area (Å²) in [6.45, 7) is 2.21. The van der Waals surface area contributed by atoms with E-state index < -0.39 is 22.0 Å². The zero-order chi connectivity index (χ0) is 30.1. The normalized spacial score (nSPS) is 18.1. The molecular weight excluding hydrogens is 570 g/mol. The molecule has 2 saturated heterocycles. The molecule has 2 heterocycles. The minimum absolute atomic E-state index is 0.0444. The monoisotopic (exact) mass is 607 g/mol. The van der Waals surface area contributed by atoms with Crippen LogP contribution in [0.3, 0.4) is 0 Å². The molecule has 10 nitrogen and oxygen atoms in total. The molecule has 2 atom stereocenters. The molecular formula is C32H37N3O7S. The number of morpholine rings is 1. The van der Waals surface area contributed by atoms with Gasteiger partial charge in [-0.1, -0.05) is 60.7 Å². The number of ether oxygens (including phenoxy) is 3. The van der Waals surface area contributed by atoms with E-state index in [0.717, 1.165) is 18.4 Å². The Bertz CT molecular complexity index is 1440. The maximum Gasteiger partial charge on any atom is 0.261 e. The van der Waals surface area contributed by atoms with Crippen molar-refractivity contribution in [2.75, 3.05) is 46.1 Å². The number of nitrogens with one attached hydrogen (secondary N) is 1. The van der Waals surface area contributed by atoms with Crippen molar-refractivity contribution in [1.29, 1.82) is 0 Å². The van der Waals surface area contributed by atoms with E-state index >= 15 is 0 Å². The first-order chi connectivity index (χ1) is 20.9. The summed E-state index contributed by atoms with van der Waals surface area (Å²) in [5.41, 5.74) is 1.54. The van der Waals surface area contributed by atoms with Crippen LogP contribution in [0.4, 0.5) is 0 Å². The molecule has 0 spiro atoms. The molecule has 43 heavy (non-hydrogen) atoms. The second-order valence-corrected chi connectivity index (χ2v) is 12.4. The minimum atomic E-state index is -3.65. The molecule has 2 aliphatic heterocycles. The average molecular weight is 608 g/mol. The third-order valence-electron chi connectivity index (χ3n) is 7.51. The Labute approximate surface area is 252 Å². The number of carbonyl (C=O) groups is 2. The third-order valence-corrected chi connectivity index (χ3v) is 9.43. The van der Waals surface area contributed by atoms with Crippen molar-refractivity contribution >= 4 is 21.8 Å².